The molecule has 1 atom stereocenters. The largest absolute Gasteiger partial charge is 0.597 e. The Bertz CT molecular complexity index is 128. The van der Waals surface area contributed by atoms with E-state index in [1.165, 1.54) is 0 Å². The molecule has 0 unspecified atom stereocenters. The molecular weight excluding hydrogens is 108 g/mol. The Hall–Kier alpha value is -0.810. The van der Waals surface area contributed by atoms with Crippen LogP contribution in [0, 0.1) is 5.21 Å². The number of nitrogens with zero attached hydrogens (tertiary/aromatic N) is 4. The van der Waals surface area contributed by atoms with Crippen molar-refractivity contribution in [1.82, 2.24) is 0 Å². The van der Waals surface area contributed by atoms with E-state index in [2.05, 4.69) is 15.5 Å². The van der Waals surface area contributed by atoms with Gasteiger partial charge in [-0.3, -0.25) is 0 Å². The van der Waals surface area contributed by atoms with Crippen molar-refractivity contribution < 1.29 is 4.76 Å². The van der Waals surface area contributed by atoms with Gasteiger partial charge in [0.2, 0.25) is 6.34 Å². The summed E-state index contributed by atoms with van der Waals surface area (Å²) in [4.78, 5) is 0. The summed E-state index contributed by atoms with van der Waals surface area (Å²) in [5.74, 6) is 0. The lowest BCUT2D eigenvalue weighted by Gasteiger charge is -2.22. The van der Waals surface area contributed by atoms with Crippen molar-refractivity contribution in [2.75, 3.05) is 6.54 Å². The lowest BCUT2D eigenvalue weighted by molar-refractivity contribution is -0.788. The summed E-state index contributed by atoms with van der Waals surface area (Å²) in [6.45, 7) is 2.08. The summed E-state index contributed by atoms with van der Waals surface area (Å²) in [5.41, 5.74) is 0. The summed E-state index contributed by atoms with van der Waals surface area (Å²) in [6.07, 6.45) is 1.15. The van der Waals surface area contributed by atoms with Gasteiger partial charge in [0, 0.05) is 5.22 Å². The molecule has 0 saturated carbocycles. The van der Waals surface area contributed by atoms with Gasteiger partial charge in [-0.05, 0) is 6.92 Å². The molecule has 1 heterocycles. The second-order valence-electron chi connectivity index (χ2n) is 1.48. The van der Waals surface area contributed by atoms with E-state index in [-0.39, 0.29) is 0 Å². The monoisotopic (exact) mass is 114 g/mol. The summed E-state index contributed by atoms with van der Waals surface area (Å²) < 4.78 is -0.764. The number of rotatable bonds is 1. The van der Waals surface area contributed by atoms with E-state index in [9.17, 15) is 5.21 Å². The van der Waals surface area contributed by atoms with Crippen molar-refractivity contribution in [3.63, 3.8) is 0 Å². The lowest BCUT2D eigenvalue weighted by Crippen LogP contribution is -2.31. The third kappa shape index (κ3) is 0.728. The zero-order valence-corrected chi connectivity index (χ0v) is 4.48. The van der Waals surface area contributed by atoms with E-state index >= 15 is 0 Å². The van der Waals surface area contributed by atoms with Crippen LogP contribution in [-0.4, -0.2) is 17.6 Å². The van der Waals surface area contributed by atoms with Crippen LogP contribution in [0.1, 0.15) is 6.92 Å². The van der Waals surface area contributed by atoms with E-state index in [1.54, 1.807) is 6.92 Å². The molecule has 5 nitrogen and oxygen atoms in total. The van der Waals surface area contributed by atoms with Crippen LogP contribution in [0.2, 0.25) is 0 Å². The summed E-state index contributed by atoms with van der Waals surface area (Å²) in [6, 6.07) is 0. The van der Waals surface area contributed by atoms with Gasteiger partial charge in [0.15, 0.2) is 0 Å². The second-order valence-corrected chi connectivity index (χ2v) is 1.48. The molecule has 1 aliphatic rings. The van der Waals surface area contributed by atoms with Crippen molar-refractivity contribution in [2.45, 2.75) is 6.92 Å². The standard InChI is InChI=1S/C3H6N4O/c1-2-7(8)3-4-5-6-7/h3H,2H2,1H3/t7-/m1/s1. The first kappa shape index (κ1) is 5.33. The molecule has 0 aliphatic carbocycles. The Morgan fingerprint density at radius 1 is 1.75 bits per heavy atom. The van der Waals surface area contributed by atoms with E-state index < -0.39 is 4.76 Å². The first-order chi connectivity index (χ1) is 3.77. The summed E-state index contributed by atoms with van der Waals surface area (Å²) in [7, 11) is 0. The molecule has 0 amide bonds. The van der Waals surface area contributed by atoms with Crippen molar-refractivity contribution in [1.29, 1.82) is 0 Å². The van der Waals surface area contributed by atoms with Gasteiger partial charge in [0.05, 0.1) is 5.22 Å². The minimum atomic E-state index is -0.764. The molecule has 8 heavy (non-hydrogen) atoms. The number of hydrogen-bond donors (Lipinski definition) is 0. The zero-order valence-electron chi connectivity index (χ0n) is 4.48. The van der Waals surface area contributed by atoms with Crippen LogP contribution >= 0.6 is 0 Å². The highest BCUT2D eigenvalue weighted by molar-refractivity contribution is 5.46. The molecule has 1 rings (SSSR count). The first-order valence-corrected chi connectivity index (χ1v) is 2.32. The van der Waals surface area contributed by atoms with E-state index in [4.69, 9.17) is 0 Å². The van der Waals surface area contributed by atoms with Crippen LogP contribution in [0.25, 0.3) is 0 Å². The van der Waals surface area contributed by atoms with Crippen molar-refractivity contribution in [3.8, 4) is 0 Å². The summed E-state index contributed by atoms with van der Waals surface area (Å²) in [5, 5.41) is 20.5. The molecule has 44 valence electrons. The third-order valence-electron chi connectivity index (χ3n) is 0.928. The second kappa shape index (κ2) is 1.61. The quantitative estimate of drug-likeness (QED) is 0.364. The van der Waals surface area contributed by atoms with Crippen LogP contribution in [0.4, 0.5) is 0 Å². The van der Waals surface area contributed by atoms with E-state index in [0.29, 0.717) is 6.54 Å². The molecular formula is C3H6N4O. The Morgan fingerprint density at radius 2 is 2.50 bits per heavy atom. The molecule has 0 fully saturated rings. The Morgan fingerprint density at radius 3 is 2.75 bits per heavy atom. The molecule has 0 bridgehead atoms. The molecule has 0 N–H and O–H groups in total. The van der Waals surface area contributed by atoms with Gasteiger partial charge in [0.25, 0.3) is 0 Å². The minimum Gasteiger partial charge on any atom is -0.597 e. The minimum absolute atomic E-state index is 0.354. The fourth-order valence-electron chi connectivity index (χ4n) is 0.363. The third-order valence-corrected chi connectivity index (χ3v) is 0.928. The fourth-order valence-corrected chi connectivity index (χ4v) is 0.363. The highest BCUT2D eigenvalue weighted by Crippen LogP contribution is 2.06. The maximum Gasteiger partial charge on any atom is 0.240 e. The predicted octanol–water partition coefficient (Wildman–Crippen LogP) is 0.645. The van der Waals surface area contributed by atoms with Gasteiger partial charge in [-0.1, -0.05) is 5.10 Å². The molecule has 0 aromatic carbocycles. The summed E-state index contributed by atoms with van der Waals surface area (Å²) >= 11 is 0. The maximum atomic E-state index is 10.8. The molecule has 0 radical (unpaired) electrons. The molecule has 5 heteroatoms. The van der Waals surface area contributed by atoms with Gasteiger partial charge in [-0.15, -0.1) is 0 Å². The topological polar surface area (TPSA) is 60.1 Å². The van der Waals surface area contributed by atoms with E-state index in [0.717, 1.165) is 6.34 Å². The number of hydrogen-bond acceptors (Lipinski definition) is 4. The zero-order chi connectivity index (χ0) is 6.04. The normalized spacial score (nSPS) is 34.2. The highest BCUT2D eigenvalue weighted by Gasteiger charge is 2.14. The van der Waals surface area contributed by atoms with Gasteiger partial charge in [-0.2, -0.15) is 4.76 Å². The van der Waals surface area contributed by atoms with Crippen LogP contribution in [0.15, 0.2) is 15.5 Å². The van der Waals surface area contributed by atoms with E-state index in [1.807, 2.05) is 0 Å². The smallest absolute Gasteiger partial charge is 0.240 e. The molecule has 0 spiro atoms. The average molecular weight is 114 g/mol. The van der Waals surface area contributed by atoms with Crippen LogP contribution in [-0.2, 0) is 0 Å². The molecule has 0 aromatic rings. The number of quaternary nitrogens is 1. The first-order valence-electron chi connectivity index (χ1n) is 2.32. The Balaban J connectivity index is 2.69. The fraction of sp³-hybridized carbons (Fsp3) is 0.667. The van der Waals surface area contributed by atoms with Crippen LogP contribution in [0.3, 0.4) is 0 Å². The molecule has 0 saturated heterocycles. The van der Waals surface area contributed by atoms with Gasteiger partial charge in [-0.25, -0.2) is 0 Å². The van der Waals surface area contributed by atoms with Gasteiger partial charge < -0.3 is 5.21 Å². The lowest BCUT2D eigenvalue weighted by atomic mass is 10.7. The van der Waals surface area contributed by atoms with Gasteiger partial charge >= 0.3 is 0 Å². The Kier molecular flexibility index (Phi) is 1.07. The highest BCUT2D eigenvalue weighted by atomic mass is 16.6. The van der Waals surface area contributed by atoms with Crippen LogP contribution < -0.4 is 0 Å². The molecule has 1 aliphatic heterocycles. The Labute approximate surface area is 46.5 Å². The number of hydroxylamine groups is 2. The average Bonchev–Trinajstić information content (AvgIpc) is 2.17. The molecule has 0 aromatic heterocycles. The van der Waals surface area contributed by atoms with Crippen molar-refractivity contribution in [2.24, 2.45) is 15.5 Å². The van der Waals surface area contributed by atoms with Crippen molar-refractivity contribution in [3.05, 3.63) is 5.21 Å². The maximum absolute atomic E-state index is 10.8. The predicted molar refractivity (Wildman–Crippen MR) is 27.5 cm³/mol. The SMILES string of the molecule is CC[N@@+]1([O-])C=NN=N1. The van der Waals surface area contributed by atoms with Crippen molar-refractivity contribution >= 4 is 6.34 Å². The van der Waals surface area contributed by atoms with Crippen LogP contribution in [0.5, 0.6) is 0 Å². The van der Waals surface area contributed by atoms with Gasteiger partial charge in [0.1, 0.15) is 6.54 Å².